The van der Waals surface area contributed by atoms with E-state index in [2.05, 4.69) is 32.6 Å². The standard InChI is InChI=1S/C16H14ClFN6/c1-2-24-10-13(8-21-24)22-16-20-9-14(17)15(23-16)19-7-11-4-3-5-12(18)6-11/h2-6,8-10H,1,7H2,(H2,19,20,22,23). The molecule has 0 amide bonds. The molecule has 0 saturated heterocycles. The van der Waals surface area contributed by atoms with E-state index in [4.69, 9.17) is 11.6 Å². The Bertz CT molecular complexity index is 835. The molecule has 0 bridgehead atoms. The van der Waals surface area contributed by atoms with E-state index in [9.17, 15) is 4.39 Å². The molecule has 1 aromatic carbocycles. The largest absolute Gasteiger partial charge is 0.365 e. The highest BCUT2D eigenvalue weighted by atomic mass is 35.5. The number of hydrogen-bond acceptors (Lipinski definition) is 5. The van der Waals surface area contributed by atoms with E-state index in [-0.39, 0.29) is 5.82 Å². The van der Waals surface area contributed by atoms with Crippen molar-refractivity contribution >= 4 is 29.1 Å². The molecule has 6 nitrogen and oxygen atoms in total. The first-order valence-electron chi connectivity index (χ1n) is 7.08. The van der Waals surface area contributed by atoms with Crippen LogP contribution in [-0.4, -0.2) is 19.7 Å². The molecule has 8 heteroatoms. The van der Waals surface area contributed by atoms with Crippen LogP contribution in [0.2, 0.25) is 5.02 Å². The Balaban J connectivity index is 1.71. The van der Waals surface area contributed by atoms with Crippen LogP contribution in [0, 0.1) is 19.3 Å². The Morgan fingerprint density at radius 1 is 1.33 bits per heavy atom. The van der Waals surface area contributed by atoms with Crippen molar-refractivity contribution in [1.82, 2.24) is 19.7 Å². The third kappa shape index (κ3) is 3.99. The second-order valence-corrected chi connectivity index (χ2v) is 5.30. The fraction of sp³-hybridized carbons (Fsp3) is 0.0625. The highest BCUT2D eigenvalue weighted by Crippen LogP contribution is 2.22. The smallest absolute Gasteiger partial charge is 0.229 e. The van der Waals surface area contributed by atoms with Crippen molar-refractivity contribution < 1.29 is 4.39 Å². The SMILES string of the molecule is [CH2][CH]n1cc(Nc2ncc(Cl)c(NCc3cccc(F)c3)n2)cn1. The first-order chi connectivity index (χ1) is 11.6. The summed E-state index contributed by atoms with van der Waals surface area (Å²) in [5.41, 5.74) is 1.50. The zero-order valence-corrected chi connectivity index (χ0v) is 13.3. The second kappa shape index (κ2) is 7.27. The number of anilines is 3. The summed E-state index contributed by atoms with van der Waals surface area (Å²) in [6, 6.07) is 6.31. The molecule has 0 aliphatic heterocycles. The Labute approximate surface area is 143 Å². The highest BCUT2D eigenvalue weighted by Gasteiger charge is 2.07. The molecule has 2 N–H and O–H groups in total. The number of nitrogens with zero attached hydrogens (tertiary/aromatic N) is 4. The van der Waals surface area contributed by atoms with Gasteiger partial charge in [0.05, 0.1) is 24.6 Å². The third-order valence-electron chi connectivity index (χ3n) is 3.14. The van der Waals surface area contributed by atoms with Crippen LogP contribution in [0.5, 0.6) is 0 Å². The van der Waals surface area contributed by atoms with E-state index in [1.54, 1.807) is 29.7 Å². The number of halogens is 2. The fourth-order valence-electron chi connectivity index (χ4n) is 2.02. The summed E-state index contributed by atoms with van der Waals surface area (Å²) in [7, 11) is 0. The summed E-state index contributed by atoms with van der Waals surface area (Å²) in [5.74, 6) is 0.531. The molecule has 0 spiro atoms. The van der Waals surface area contributed by atoms with E-state index in [0.717, 1.165) is 5.56 Å². The van der Waals surface area contributed by atoms with Crippen molar-refractivity contribution in [2.45, 2.75) is 6.54 Å². The van der Waals surface area contributed by atoms with E-state index in [1.165, 1.54) is 18.3 Å². The summed E-state index contributed by atoms with van der Waals surface area (Å²) in [4.78, 5) is 8.44. The van der Waals surface area contributed by atoms with Crippen molar-refractivity contribution in [1.29, 1.82) is 0 Å². The predicted molar refractivity (Wildman–Crippen MR) is 91.3 cm³/mol. The van der Waals surface area contributed by atoms with Crippen LogP contribution in [0.25, 0.3) is 0 Å². The van der Waals surface area contributed by atoms with Gasteiger partial charge in [-0.05, 0) is 24.6 Å². The predicted octanol–water partition coefficient (Wildman–Crippen LogP) is 3.67. The Morgan fingerprint density at radius 2 is 2.21 bits per heavy atom. The topological polar surface area (TPSA) is 67.7 Å². The van der Waals surface area contributed by atoms with Crippen molar-refractivity contribution in [3.63, 3.8) is 0 Å². The molecule has 0 fully saturated rings. The maximum absolute atomic E-state index is 13.2. The van der Waals surface area contributed by atoms with Crippen LogP contribution in [0.3, 0.4) is 0 Å². The lowest BCUT2D eigenvalue weighted by Crippen LogP contribution is -2.05. The van der Waals surface area contributed by atoms with Crippen molar-refractivity contribution in [3.8, 4) is 0 Å². The monoisotopic (exact) mass is 344 g/mol. The van der Waals surface area contributed by atoms with Gasteiger partial charge < -0.3 is 10.6 Å². The normalized spacial score (nSPS) is 10.6. The summed E-state index contributed by atoms with van der Waals surface area (Å²) in [6.07, 6.45) is 4.85. The molecule has 0 aliphatic rings. The maximum Gasteiger partial charge on any atom is 0.229 e. The van der Waals surface area contributed by atoms with E-state index in [0.29, 0.717) is 29.0 Å². The molecule has 122 valence electrons. The number of nitrogens with one attached hydrogen (secondary N) is 2. The fourth-order valence-corrected chi connectivity index (χ4v) is 2.17. The Kier molecular flexibility index (Phi) is 4.90. The van der Waals surface area contributed by atoms with E-state index >= 15 is 0 Å². The highest BCUT2D eigenvalue weighted by molar-refractivity contribution is 6.32. The van der Waals surface area contributed by atoms with Gasteiger partial charge in [-0.25, -0.2) is 9.37 Å². The Hall–Kier alpha value is -2.67. The third-order valence-corrected chi connectivity index (χ3v) is 3.41. The molecule has 0 saturated carbocycles. The van der Waals surface area contributed by atoms with E-state index < -0.39 is 0 Å². The van der Waals surface area contributed by atoms with Crippen LogP contribution in [0.1, 0.15) is 5.56 Å². The van der Waals surface area contributed by atoms with Gasteiger partial charge in [0, 0.05) is 12.7 Å². The average Bonchev–Trinajstić information content (AvgIpc) is 3.03. The second-order valence-electron chi connectivity index (χ2n) is 4.89. The lowest BCUT2D eigenvalue weighted by Gasteiger charge is -2.09. The molecule has 24 heavy (non-hydrogen) atoms. The van der Waals surface area contributed by atoms with Crippen molar-refractivity contribution in [2.75, 3.05) is 10.6 Å². The number of hydrogen-bond donors (Lipinski definition) is 2. The molecular weight excluding hydrogens is 331 g/mol. The molecule has 3 rings (SSSR count). The molecule has 2 radical (unpaired) electrons. The first-order valence-corrected chi connectivity index (χ1v) is 7.46. The van der Waals surface area contributed by atoms with Crippen LogP contribution in [0.4, 0.5) is 21.8 Å². The van der Waals surface area contributed by atoms with Crippen LogP contribution >= 0.6 is 11.6 Å². The van der Waals surface area contributed by atoms with E-state index in [1.807, 2.05) is 6.07 Å². The lowest BCUT2D eigenvalue weighted by molar-refractivity contribution is 0.626. The maximum atomic E-state index is 13.2. The van der Waals surface area contributed by atoms with Gasteiger partial charge in [-0.15, -0.1) is 0 Å². The molecule has 0 unspecified atom stereocenters. The minimum Gasteiger partial charge on any atom is -0.365 e. The minimum atomic E-state index is -0.287. The Morgan fingerprint density at radius 3 is 2.96 bits per heavy atom. The van der Waals surface area contributed by atoms with Gasteiger partial charge in [-0.1, -0.05) is 23.7 Å². The zero-order valence-electron chi connectivity index (χ0n) is 12.6. The number of rotatable bonds is 6. The van der Waals surface area contributed by atoms with Crippen molar-refractivity contribution in [2.24, 2.45) is 0 Å². The molecule has 2 aromatic heterocycles. The number of aromatic nitrogens is 4. The minimum absolute atomic E-state index is 0.287. The van der Waals surface area contributed by atoms with Gasteiger partial charge in [0.1, 0.15) is 10.8 Å². The van der Waals surface area contributed by atoms with Gasteiger partial charge >= 0.3 is 0 Å². The summed E-state index contributed by atoms with van der Waals surface area (Å²) in [6.45, 7) is 5.58. The van der Waals surface area contributed by atoms with Gasteiger partial charge in [0.2, 0.25) is 5.95 Å². The first kappa shape index (κ1) is 16.2. The number of benzene rings is 1. The van der Waals surface area contributed by atoms with Gasteiger partial charge in [-0.3, -0.25) is 4.68 Å². The summed E-state index contributed by atoms with van der Waals surface area (Å²) in [5, 5.41) is 10.5. The lowest BCUT2D eigenvalue weighted by atomic mass is 10.2. The quantitative estimate of drug-likeness (QED) is 0.714. The molecular formula is C16H14ClFN6. The zero-order chi connectivity index (χ0) is 16.9. The van der Waals surface area contributed by atoms with Gasteiger partial charge in [0.25, 0.3) is 0 Å². The van der Waals surface area contributed by atoms with Crippen molar-refractivity contribution in [3.05, 3.63) is 72.7 Å². The van der Waals surface area contributed by atoms with Gasteiger partial charge in [0.15, 0.2) is 5.82 Å². The van der Waals surface area contributed by atoms with Crippen LogP contribution in [-0.2, 0) is 6.54 Å². The summed E-state index contributed by atoms with van der Waals surface area (Å²) < 4.78 is 14.8. The molecule has 3 aromatic rings. The van der Waals surface area contributed by atoms with Crippen LogP contribution in [0.15, 0.2) is 42.9 Å². The van der Waals surface area contributed by atoms with Gasteiger partial charge in [-0.2, -0.15) is 10.1 Å². The van der Waals surface area contributed by atoms with Crippen LogP contribution < -0.4 is 10.6 Å². The summed E-state index contributed by atoms with van der Waals surface area (Å²) >= 11 is 6.10. The molecule has 2 heterocycles. The molecule has 0 aliphatic carbocycles. The molecule has 0 atom stereocenters. The average molecular weight is 345 g/mol.